The van der Waals surface area contributed by atoms with E-state index in [9.17, 15) is 0 Å². The molecule has 0 fully saturated rings. The number of hydrogen-bond acceptors (Lipinski definition) is 6. The second-order valence-electron chi connectivity index (χ2n) is 6.41. The maximum Gasteiger partial charge on any atom is 0.191 e. The quantitative estimate of drug-likeness (QED) is 0.312. The lowest BCUT2D eigenvalue weighted by Gasteiger charge is -2.11. The predicted octanol–water partition coefficient (Wildman–Crippen LogP) is 3.57. The molecule has 3 N–H and O–H groups in total. The summed E-state index contributed by atoms with van der Waals surface area (Å²) in [7, 11) is 0. The van der Waals surface area contributed by atoms with Crippen molar-refractivity contribution in [2.75, 3.05) is 25.0 Å². The summed E-state index contributed by atoms with van der Waals surface area (Å²) >= 11 is 1.66. The summed E-state index contributed by atoms with van der Waals surface area (Å²) < 4.78 is 6.53. The van der Waals surface area contributed by atoms with E-state index in [4.69, 9.17) is 4.52 Å². The number of guanidine groups is 1. The number of anilines is 1. The number of hydrogen-bond donors (Lipinski definition) is 3. The zero-order valence-electron chi connectivity index (χ0n) is 16.0. The molecule has 0 amide bonds. The molecule has 8 heteroatoms. The fourth-order valence-electron chi connectivity index (χ4n) is 2.47. The number of fused-ring (bicyclic) bond motifs is 1. The van der Waals surface area contributed by atoms with Gasteiger partial charge in [0.1, 0.15) is 6.54 Å². The molecule has 144 valence electrons. The number of nitrogens with one attached hydrogen (secondary N) is 3. The van der Waals surface area contributed by atoms with Crippen LogP contribution in [0.2, 0.25) is 0 Å². The molecule has 0 spiro atoms. The summed E-state index contributed by atoms with van der Waals surface area (Å²) in [5.41, 5.74) is 1.99. The van der Waals surface area contributed by atoms with E-state index in [2.05, 4.69) is 51.0 Å². The first kappa shape index (κ1) is 19.2. The molecule has 0 radical (unpaired) electrons. The van der Waals surface area contributed by atoms with Crippen LogP contribution < -0.4 is 16.0 Å². The minimum absolute atomic E-state index is 0.353. The molecule has 0 aliphatic heterocycles. The van der Waals surface area contributed by atoms with Gasteiger partial charge in [0.25, 0.3) is 0 Å². The monoisotopic (exact) mass is 386 g/mol. The van der Waals surface area contributed by atoms with Gasteiger partial charge in [-0.15, -0.1) is 0 Å². The zero-order chi connectivity index (χ0) is 19.1. The van der Waals surface area contributed by atoms with Crippen molar-refractivity contribution in [2.45, 2.75) is 33.2 Å². The van der Waals surface area contributed by atoms with E-state index in [1.165, 1.54) is 4.70 Å². The minimum Gasteiger partial charge on any atom is -0.360 e. The summed E-state index contributed by atoms with van der Waals surface area (Å²) in [5.74, 6) is 1.88. The lowest BCUT2D eigenvalue weighted by Crippen LogP contribution is -2.39. The van der Waals surface area contributed by atoms with Gasteiger partial charge in [-0.05, 0) is 25.0 Å². The lowest BCUT2D eigenvalue weighted by atomic mass is 10.1. The Kier molecular flexibility index (Phi) is 6.64. The van der Waals surface area contributed by atoms with Crippen LogP contribution in [0.1, 0.15) is 38.1 Å². The second-order valence-corrected chi connectivity index (χ2v) is 7.44. The van der Waals surface area contributed by atoms with Gasteiger partial charge in [0.15, 0.2) is 16.9 Å². The molecule has 2 heterocycles. The average molecular weight is 387 g/mol. The molecule has 0 aliphatic rings. The smallest absolute Gasteiger partial charge is 0.191 e. The van der Waals surface area contributed by atoms with Crippen LogP contribution in [0.3, 0.4) is 0 Å². The van der Waals surface area contributed by atoms with Crippen LogP contribution in [0.25, 0.3) is 10.2 Å². The van der Waals surface area contributed by atoms with Crippen molar-refractivity contribution in [1.82, 2.24) is 20.8 Å². The minimum atomic E-state index is 0.353. The van der Waals surface area contributed by atoms with E-state index in [0.717, 1.165) is 47.7 Å². The van der Waals surface area contributed by atoms with Gasteiger partial charge in [0.2, 0.25) is 0 Å². The van der Waals surface area contributed by atoms with E-state index < -0.39 is 0 Å². The highest BCUT2D eigenvalue weighted by Gasteiger charge is 2.07. The Morgan fingerprint density at radius 2 is 2.07 bits per heavy atom. The first-order valence-corrected chi connectivity index (χ1v) is 10.0. The number of thiazole rings is 1. The van der Waals surface area contributed by atoms with Crippen molar-refractivity contribution in [3.05, 3.63) is 41.8 Å². The molecule has 3 rings (SSSR count). The zero-order valence-corrected chi connectivity index (χ0v) is 16.8. The molecule has 0 unspecified atom stereocenters. The van der Waals surface area contributed by atoms with Gasteiger partial charge in [-0.3, -0.25) is 0 Å². The Labute approximate surface area is 163 Å². The van der Waals surface area contributed by atoms with E-state index in [1.54, 1.807) is 11.3 Å². The summed E-state index contributed by atoms with van der Waals surface area (Å²) in [4.78, 5) is 9.13. The normalized spacial score (nSPS) is 11.9. The molecule has 1 aromatic carbocycles. The van der Waals surface area contributed by atoms with Gasteiger partial charge in [0.05, 0.1) is 15.9 Å². The van der Waals surface area contributed by atoms with Crippen molar-refractivity contribution in [2.24, 2.45) is 4.99 Å². The van der Waals surface area contributed by atoms with Crippen molar-refractivity contribution in [3.8, 4) is 0 Å². The third-order valence-electron chi connectivity index (χ3n) is 3.89. The predicted molar refractivity (Wildman–Crippen MR) is 112 cm³/mol. The molecule has 3 aromatic rings. The molecular weight excluding hydrogens is 360 g/mol. The highest BCUT2D eigenvalue weighted by Crippen LogP contribution is 2.24. The van der Waals surface area contributed by atoms with Crippen molar-refractivity contribution in [1.29, 1.82) is 0 Å². The number of aromatic nitrogens is 2. The Bertz CT molecular complexity index is 852. The first-order valence-electron chi connectivity index (χ1n) is 9.22. The number of nitrogens with zero attached hydrogens (tertiary/aromatic N) is 3. The van der Waals surface area contributed by atoms with Gasteiger partial charge < -0.3 is 20.5 Å². The lowest BCUT2D eigenvalue weighted by molar-refractivity contribution is 0.376. The number of para-hydroxylation sites is 1. The molecule has 0 saturated carbocycles. The second kappa shape index (κ2) is 9.36. The maximum atomic E-state index is 5.33. The van der Waals surface area contributed by atoms with Crippen LogP contribution in [-0.2, 0) is 6.54 Å². The summed E-state index contributed by atoms with van der Waals surface area (Å²) in [6.45, 7) is 8.97. The topological polar surface area (TPSA) is 87.4 Å². The van der Waals surface area contributed by atoms with E-state index >= 15 is 0 Å². The standard InChI is InChI=1S/C19H26N6OS/c1-4-20-18(23-12-14-11-16(13(2)3)25-26-14)21-9-10-22-19-24-15-7-5-6-8-17(15)27-19/h5-8,11,13H,4,9-10,12H2,1-3H3,(H,22,24)(H2,20,21,23). The highest BCUT2D eigenvalue weighted by molar-refractivity contribution is 7.22. The molecule has 0 saturated heterocycles. The van der Waals surface area contributed by atoms with Crippen LogP contribution in [0, 0.1) is 0 Å². The number of rotatable bonds is 8. The Morgan fingerprint density at radius 3 is 2.81 bits per heavy atom. The summed E-state index contributed by atoms with van der Waals surface area (Å²) in [5, 5.41) is 14.9. The molecule has 27 heavy (non-hydrogen) atoms. The molecular formula is C19H26N6OS. The van der Waals surface area contributed by atoms with Crippen LogP contribution in [-0.4, -0.2) is 35.7 Å². The van der Waals surface area contributed by atoms with Gasteiger partial charge >= 0.3 is 0 Å². The van der Waals surface area contributed by atoms with Crippen molar-refractivity contribution >= 4 is 32.6 Å². The van der Waals surface area contributed by atoms with E-state index in [-0.39, 0.29) is 0 Å². The Morgan fingerprint density at radius 1 is 1.22 bits per heavy atom. The third-order valence-corrected chi connectivity index (χ3v) is 4.89. The van der Waals surface area contributed by atoms with Crippen LogP contribution >= 0.6 is 11.3 Å². The largest absolute Gasteiger partial charge is 0.360 e. The average Bonchev–Trinajstić information content (AvgIpc) is 3.29. The summed E-state index contributed by atoms with van der Waals surface area (Å²) in [6, 6.07) is 10.1. The SMILES string of the molecule is CCNC(=NCc1cc(C(C)C)no1)NCCNc1nc2ccccc2s1. The van der Waals surface area contributed by atoms with E-state index in [0.29, 0.717) is 12.5 Å². The summed E-state index contributed by atoms with van der Waals surface area (Å²) in [6.07, 6.45) is 0. The fraction of sp³-hybridized carbons (Fsp3) is 0.421. The van der Waals surface area contributed by atoms with Gasteiger partial charge in [-0.25, -0.2) is 9.98 Å². The van der Waals surface area contributed by atoms with Crippen LogP contribution in [0.5, 0.6) is 0 Å². The molecule has 0 atom stereocenters. The van der Waals surface area contributed by atoms with Crippen LogP contribution in [0.15, 0.2) is 39.8 Å². The van der Waals surface area contributed by atoms with Gasteiger partial charge in [0, 0.05) is 25.7 Å². The third kappa shape index (κ3) is 5.43. The number of benzene rings is 1. The molecule has 0 aliphatic carbocycles. The molecule has 2 aromatic heterocycles. The molecule has 7 nitrogen and oxygen atoms in total. The first-order chi connectivity index (χ1) is 13.2. The van der Waals surface area contributed by atoms with E-state index in [1.807, 2.05) is 31.2 Å². The van der Waals surface area contributed by atoms with Gasteiger partial charge in [-0.2, -0.15) is 0 Å². The van der Waals surface area contributed by atoms with Crippen LogP contribution in [0.4, 0.5) is 5.13 Å². The van der Waals surface area contributed by atoms with Crippen molar-refractivity contribution < 1.29 is 4.52 Å². The fourth-order valence-corrected chi connectivity index (χ4v) is 3.36. The highest BCUT2D eigenvalue weighted by atomic mass is 32.1. The van der Waals surface area contributed by atoms with Gasteiger partial charge in [-0.1, -0.05) is 42.5 Å². The Hall–Kier alpha value is -2.61. The Balaban J connectivity index is 1.48. The maximum absolute atomic E-state index is 5.33. The van der Waals surface area contributed by atoms with Crippen molar-refractivity contribution in [3.63, 3.8) is 0 Å². The number of aliphatic imine (C=N–C) groups is 1. The molecule has 0 bridgehead atoms.